The Bertz CT molecular complexity index is 618. The Balaban J connectivity index is 2.30. The minimum Gasteiger partial charge on any atom is -0.371 e. The standard InChI is InChI=1S/C12H10ClFN2O2S/c1-7(8-5-11(13)19-6-8)15-12-9(14)3-2-4-10(12)16(17)18/h2-7,15H,1H3. The maximum atomic E-state index is 13.7. The molecule has 0 spiro atoms. The van der Waals surface area contributed by atoms with Gasteiger partial charge < -0.3 is 5.32 Å². The summed E-state index contributed by atoms with van der Waals surface area (Å²) in [5.74, 6) is -0.651. The lowest BCUT2D eigenvalue weighted by atomic mass is 10.1. The van der Waals surface area contributed by atoms with Gasteiger partial charge in [-0.05, 0) is 30.0 Å². The van der Waals surface area contributed by atoms with Crippen molar-refractivity contribution in [2.24, 2.45) is 0 Å². The van der Waals surface area contributed by atoms with E-state index in [1.807, 2.05) is 5.38 Å². The predicted octanol–water partition coefficient (Wildman–Crippen LogP) is 4.62. The second-order valence-electron chi connectivity index (χ2n) is 3.94. The molecule has 0 saturated carbocycles. The summed E-state index contributed by atoms with van der Waals surface area (Å²) >= 11 is 7.18. The number of nitro groups is 1. The average molecular weight is 301 g/mol. The van der Waals surface area contributed by atoms with Gasteiger partial charge in [0.1, 0.15) is 5.69 Å². The molecule has 0 amide bonds. The summed E-state index contributed by atoms with van der Waals surface area (Å²) in [6.07, 6.45) is 0. The van der Waals surface area contributed by atoms with Gasteiger partial charge in [-0.15, -0.1) is 11.3 Å². The Kier molecular flexibility index (Phi) is 4.01. The minimum absolute atomic E-state index is 0.109. The van der Waals surface area contributed by atoms with Crippen LogP contribution in [0.5, 0.6) is 0 Å². The highest BCUT2D eigenvalue weighted by Crippen LogP contribution is 2.32. The molecule has 1 heterocycles. The summed E-state index contributed by atoms with van der Waals surface area (Å²) in [5.41, 5.74) is 0.461. The van der Waals surface area contributed by atoms with Crippen LogP contribution in [0.25, 0.3) is 0 Å². The molecule has 2 aromatic rings. The number of nitro benzene ring substituents is 1. The van der Waals surface area contributed by atoms with Crippen LogP contribution < -0.4 is 5.32 Å². The van der Waals surface area contributed by atoms with Gasteiger partial charge in [0.2, 0.25) is 0 Å². The van der Waals surface area contributed by atoms with E-state index >= 15 is 0 Å². The second kappa shape index (κ2) is 5.54. The topological polar surface area (TPSA) is 55.2 Å². The fraction of sp³-hybridized carbons (Fsp3) is 0.167. The number of benzene rings is 1. The lowest BCUT2D eigenvalue weighted by Crippen LogP contribution is -2.09. The Morgan fingerprint density at radius 1 is 1.53 bits per heavy atom. The first-order valence-electron chi connectivity index (χ1n) is 5.42. The second-order valence-corrected chi connectivity index (χ2v) is 5.48. The molecule has 1 aromatic carbocycles. The fourth-order valence-electron chi connectivity index (χ4n) is 1.66. The van der Waals surface area contributed by atoms with Gasteiger partial charge in [-0.1, -0.05) is 17.7 Å². The predicted molar refractivity (Wildman–Crippen MR) is 74.4 cm³/mol. The molecule has 2 rings (SSSR count). The van der Waals surface area contributed by atoms with E-state index in [1.54, 1.807) is 13.0 Å². The summed E-state index contributed by atoms with van der Waals surface area (Å²) in [4.78, 5) is 10.3. The van der Waals surface area contributed by atoms with Crippen LogP contribution in [0.2, 0.25) is 4.34 Å². The molecule has 0 saturated heterocycles. The first-order chi connectivity index (χ1) is 8.99. The number of rotatable bonds is 4. The average Bonchev–Trinajstić information content (AvgIpc) is 2.78. The van der Waals surface area contributed by atoms with Gasteiger partial charge in [0.25, 0.3) is 5.69 Å². The van der Waals surface area contributed by atoms with Crippen LogP contribution in [0, 0.1) is 15.9 Å². The highest BCUT2D eigenvalue weighted by molar-refractivity contribution is 7.14. The number of nitrogens with one attached hydrogen (secondary N) is 1. The number of hydrogen-bond acceptors (Lipinski definition) is 4. The first kappa shape index (κ1) is 13.8. The third-order valence-corrected chi connectivity index (χ3v) is 3.75. The van der Waals surface area contributed by atoms with Crippen molar-refractivity contribution in [1.82, 2.24) is 0 Å². The van der Waals surface area contributed by atoms with Crippen LogP contribution in [0.15, 0.2) is 29.6 Å². The highest BCUT2D eigenvalue weighted by atomic mass is 35.5. The van der Waals surface area contributed by atoms with E-state index < -0.39 is 10.7 Å². The summed E-state index contributed by atoms with van der Waals surface area (Å²) in [6.45, 7) is 1.79. The van der Waals surface area contributed by atoms with Crippen LogP contribution in [-0.4, -0.2) is 4.92 Å². The maximum absolute atomic E-state index is 13.7. The number of hydrogen-bond donors (Lipinski definition) is 1. The summed E-state index contributed by atoms with van der Waals surface area (Å²) in [7, 11) is 0. The zero-order chi connectivity index (χ0) is 14.0. The monoisotopic (exact) mass is 300 g/mol. The van der Waals surface area contributed by atoms with E-state index in [0.29, 0.717) is 4.34 Å². The van der Waals surface area contributed by atoms with Gasteiger partial charge in [0.15, 0.2) is 5.82 Å². The molecule has 4 nitrogen and oxygen atoms in total. The largest absolute Gasteiger partial charge is 0.371 e. The minimum atomic E-state index is -0.651. The molecule has 19 heavy (non-hydrogen) atoms. The highest BCUT2D eigenvalue weighted by Gasteiger charge is 2.20. The van der Waals surface area contributed by atoms with Crippen molar-refractivity contribution in [3.63, 3.8) is 0 Å². The molecule has 0 fully saturated rings. The van der Waals surface area contributed by atoms with Gasteiger partial charge in [-0.25, -0.2) is 4.39 Å². The Hall–Kier alpha value is -1.66. The van der Waals surface area contributed by atoms with Gasteiger partial charge in [0, 0.05) is 12.1 Å². The maximum Gasteiger partial charge on any atom is 0.295 e. The third kappa shape index (κ3) is 3.02. The zero-order valence-corrected chi connectivity index (χ0v) is 11.5. The lowest BCUT2D eigenvalue weighted by molar-refractivity contribution is -0.384. The summed E-state index contributed by atoms with van der Waals surface area (Å²) in [6, 6.07) is 5.22. The van der Waals surface area contributed by atoms with Crippen molar-refractivity contribution in [3.05, 3.63) is 55.5 Å². The Labute approximate surface area is 118 Å². The van der Waals surface area contributed by atoms with Crippen LogP contribution in [0.4, 0.5) is 15.8 Å². The SMILES string of the molecule is CC(Nc1c(F)cccc1[N+](=O)[O-])c1csc(Cl)c1. The van der Waals surface area contributed by atoms with Crippen LogP contribution in [0.1, 0.15) is 18.5 Å². The Morgan fingerprint density at radius 3 is 2.84 bits per heavy atom. The van der Waals surface area contributed by atoms with E-state index in [1.165, 1.54) is 29.5 Å². The fourth-order valence-corrected chi connectivity index (χ4v) is 2.64. The van der Waals surface area contributed by atoms with Crippen molar-refractivity contribution >= 4 is 34.3 Å². The smallest absolute Gasteiger partial charge is 0.295 e. The molecule has 0 aliphatic carbocycles. The molecular weight excluding hydrogens is 291 g/mol. The summed E-state index contributed by atoms with van der Waals surface area (Å²) in [5, 5.41) is 15.5. The molecule has 1 aromatic heterocycles. The van der Waals surface area contributed by atoms with Crippen molar-refractivity contribution in [1.29, 1.82) is 0 Å². The molecule has 0 radical (unpaired) electrons. The van der Waals surface area contributed by atoms with Gasteiger partial charge >= 0.3 is 0 Å². The van der Waals surface area contributed by atoms with Crippen LogP contribution in [-0.2, 0) is 0 Å². The Morgan fingerprint density at radius 2 is 2.26 bits per heavy atom. The van der Waals surface area contributed by atoms with E-state index in [4.69, 9.17) is 11.6 Å². The molecule has 1 atom stereocenters. The normalized spacial score (nSPS) is 12.2. The molecule has 1 N–H and O–H groups in total. The van der Waals surface area contributed by atoms with Crippen LogP contribution >= 0.6 is 22.9 Å². The van der Waals surface area contributed by atoms with Gasteiger partial charge in [-0.2, -0.15) is 0 Å². The van der Waals surface area contributed by atoms with Crippen molar-refractivity contribution in [2.75, 3.05) is 5.32 Å². The van der Waals surface area contributed by atoms with Crippen molar-refractivity contribution < 1.29 is 9.31 Å². The molecule has 0 aliphatic heterocycles. The molecule has 1 unspecified atom stereocenters. The van der Waals surface area contributed by atoms with Gasteiger partial charge in [0.05, 0.1) is 9.26 Å². The van der Waals surface area contributed by atoms with Crippen LogP contribution in [0.3, 0.4) is 0 Å². The number of nitrogens with zero attached hydrogens (tertiary/aromatic N) is 1. The molecule has 0 aliphatic rings. The quantitative estimate of drug-likeness (QED) is 0.662. The van der Waals surface area contributed by atoms with E-state index in [2.05, 4.69) is 5.32 Å². The number of halogens is 2. The van der Waals surface area contributed by atoms with Crippen molar-refractivity contribution in [3.8, 4) is 0 Å². The number of anilines is 1. The molecule has 7 heteroatoms. The first-order valence-corrected chi connectivity index (χ1v) is 6.68. The number of para-hydroxylation sites is 1. The van der Waals surface area contributed by atoms with E-state index in [0.717, 1.165) is 5.56 Å². The van der Waals surface area contributed by atoms with Crippen molar-refractivity contribution in [2.45, 2.75) is 13.0 Å². The third-order valence-electron chi connectivity index (χ3n) is 2.64. The van der Waals surface area contributed by atoms with E-state index in [9.17, 15) is 14.5 Å². The zero-order valence-electron chi connectivity index (χ0n) is 9.89. The van der Waals surface area contributed by atoms with E-state index in [-0.39, 0.29) is 17.4 Å². The van der Waals surface area contributed by atoms with Gasteiger partial charge in [-0.3, -0.25) is 10.1 Å². The summed E-state index contributed by atoms with van der Waals surface area (Å²) < 4.78 is 14.3. The molecule has 100 valence electrons. The lowest BCUT2D eigenvalue weighted by Gasteiger charge is -2.14. The molecule has 0 bridgehead atoms. The number of thiophene rings is 1. The molecular formula is C12H10ClFN2O2S.